The minimum atomic E-state index is -0.439. The van der Waals surface area contributed by atoms with E-state index in [9.17, 15) is 4.79 Å². The molecule has 0 atom stereocenters. The summed E-state index contributed by atoms with van der Waals surface area (Å²) in [4.78, 5) is 11.6. The molecule has 0 bridgehead atoms. The van der Waals surface area contributed by atoms with Crippen LogP contribution >= 0.6 is 11.3 Å². The molecule has 1 aromatic rings. The van der Waals surface area contributed by atoms with Crippen molar-refractivity contribution in [3.8, 4) is 0 Å². The van der Waals surface area contributed by atoms with Gasteiger partial charge in [-0.2, -0.15) is 0 Å². The molecule has 4 heteroatoms. The van der Waals surface area contributed by atoms with Crippen molar-refractivity contribution in [1.82, 2.24) is 5.32 Å². The van der Waals surface area contributed by atoms with Gasteiger partial charge in [-0.25, -0.2) is 0 Å². The zero-order valence-electron chi connectivity index (χ0n) is 5.91. The molecule has 60 valence electrons. The monoisotopic (exact) mass is 171 g/mol. The maximum absolute atomic E-state index is 10.6. The van der Waals surface area contributed by atoms with E-state index in [1.165, 1.54) is 0 Å². The summed E-state index contributed by atoms with van der Waals surface area (Å²) < 4.78 is 0. The minimum absolute atomic E-state index is 0.335. The van der Waals surface area contributed by atoms with Gasteiger partial charge in [0.1, 0.15) is 6.61 Å². The van der Waals surface area contributed by atoms with Gasteiger partial charge in [0.25, 0.3) is 0 Å². The van der Waals surface area contributed by atoms with Crippen molar-refractivity contribution in [2.45, 2.75) is 6.54 Å². The zero-order valence-corrected chi connectivity index (χ0v) is 6.73. The van der Waals surface area contributed by atoms with Crippen molar-refractivity contribution < 1.29 is 9.90 Å². The lowest BCUT2D eigenvalue weighted by atomic mass is 10.4. The lowest BCUT2D eigenvalue weighted by molar-refractivity contribution is -0.123. The van der Waals surface area contributed by atoms with E-state index in [2.05, 4.69) is 5.32 Å². The molecule has 1 aromatic heterocycles. The number of aliphatic hydroxyl groups is 1. The fourth-order valence-electron chi connectivity index (χ4n) is 0.655. The maximum atomic E-state index is 10.6. The predicted octanol–water partition coefficient (Wildman–Crippen LogP) is 0.357. The van der Waals surface area contributed by atoms with Crippen LogP contribution in [0.5, 0.6) is 0 Å². The van der Waals surface area contributed by atoms with Crippen LogP contribution < -0.4 is 5.32 Å². The molecule has 0 saturated heterocycles. The third kappa shape index (κ3) is 2.69. The number of hydrogen-bond donors (Lipinski definition) is 2. The Kier molecular flexibility index (Phi) is 3.07. The second-order valence-electron chi connectivity index (χ2n) is 2.01. The summed E-state index contributed by atoms with van der Waals surface area (Å²) in [5.41, 5.74) is 0. The molecule has 1 heterocycles. The third-order valence-corrected chi connectivity index (χ3v) is 2.06. The van der Waals surface area contributed by atoms with E-state index in [1.54, 1.807) is 11.3 Å². The molecule has 0 fully saturated rings. The Morgan fingerprint density at radius 1 is 1.73 bits per heavy atom. The summed E-state index contributed by atoms with van der Waals surface area (Å²) in [6.45, 7) is 0.0719. The molecule has 11 heavy (non-hydrogen) atoms. The molecule has 1 amide bonds. The molecule has 0 aliphatic rings. The quantitative estimate of drug-likeness (QED) is 0.689. The fourth-order valence-corrected chi connectivity index (χ4v) is 1.30. The van der Waals surface area contributed by atoms with Gasteiger partial charge in [0.2, 0.25) is 5.91 Å². The molecular weight excluding hydrogens is 162 g/mol. The summed E-state index contributed by atoms with van der Waals surface area (Å²) in [6.07, 6.45) is 0. The number of aliphatic hydroxyl groups excluding tert-OH is 1. The standard InChI is InChI=1S/C7H9NO2S/c9-5-7(10)8-4-6-2-1-3-11-6/h1-3,9H,4-5H2,(H,8,10). The molecule has 0 radical (unpaired) electrons. The molecule has 0 aromatic carbocycles. The molecule has 3 nitrogen and oxygen atoms in total. The number of carbonyl (C=O) groups excluding carboxylic acids is 1. The van der Waals surface area contributed by atoms with Crippen LogP contribution in [0.25, 0.3) is 0 Å². The summed E-state index contributed by atoms with van der Waals surface area (Å²) in [5.74, 6) is -0.335. The van der Waals surface area contributed by atoms with Crippen molar-refractivity contribution in [2.24, 2.45) is 0 Å². The first kappa shape index (κ1) is 8.23. The minimum Gasteiger partial charge on any atom is -0.387 e. The van der Waals surface area contributed by atoms with Gasteiger partial charge >= 0.3 is 0 Å². The average Bonchev–Trinajstić information content (AvgIpc) is 2.52. The van der Waals surface area contributed by atoms with Crippen LogP contribution in [0.2, 0.25) is 0 Å². The first-order valence-electron chi connectivity index (χ1n) is 3.23. The van der Waals surface area contributed by atoms with E-state index in [0.717, 1.165) is 4.88 Å². The van der Waals surface area contributed by atoms with Crippen molar-refractivity contribution in [3.05, 3.63) is 22.4 Å². The topological polar surface area (TPSA) is 49.3 Å². The first-order valence-corrected chi connectivity index (χ1v) is 4.11. The fraction of sp³-hybridized carbons (Fsp3) is 0.286. The molecule has 0 spiro atoms. The number of amides is 1. The highest BCUT2D eigenvalue weighted by Crippen LogP contribution is 2.06. The SMILES string of the molecule is O=C(CO)NCc1cccs1. The van der Waals surface area contributed by atoms with Crippen LogP contribution in [0.3, 0.4) is 0 Å². The highest BCUT2D eigenvalue weighted by Gasteiger charge is 1.97. The van der Waals surface area contributed by atoms with Gasteiger partial charge in [-0.3, -0.25) is 4.79 Å². The first-order chi connectivity index (χ1) is 5.33. The van der Waals surface area contributed by atoms with Gasteiger partial charge in [-0.15, -0.1) is 11.3 Å². The summed E-state index contributed by atoms with van der Waals surface area (Å²) >= 11 is 1.58. The van der Waals surface area contributed by atoms with Gasteiger partial charge in [0.15, 0.2) is 0 Å². The number of nitrogens with one attached hydrogen (secondary N) is 1. The van der Waals surface area contributed by atoms with Gasteiger partial charge < -0.3 is 10.4 Å². The second kappa shape index (κ2) is 4.10. The van der Waals surface area contributed by atoms with Gasteiger partial charge in [0.05, 0.1) is 6.54 Å². The Morgan fingerprint density at radius 2 is 2.55 bits per heavy atom. The highest BCUT2D eigenvalue weighted by molar-refractivity contribution is 7.09. The third-order valence-electron chi connectivity index (χ3n) is 1.18. The Labute approximate surface area is 68.7 Å². The van der Waals surface area contributed by atoms with E-state index >= 15 is 0 Å². The van der Waals surface area contributed by atoms with E-state index in [-0.39, 0.29) is 5.91 Å². The number of thiophene rings is 1. The zero-order chi connectivity index (χ0) is 8.10. The average molecular weight is 171 g/mol. The molecule has 2 N–H and O–H groups in total. The summed E-state index contributed by atoms with van der Waals surface area (Å²) in [5, 5.41) is 12.9. The van der Waals surface area contributed by atoms with Crippen molar-refractivity contribution >= 4 is 17.2 Å². The maximum Gasteiger partial charge on any atom is 0.246 e. The lowest BCUT2D eigenvalue weighted by Gasteiger charge is -1.98. The normalized spacial score (nSPS) is 9.55. The Morgan fingerprint density at radius 3 is 3.09 bits per heavy atom. The van der Waals surface area contributed by atoms with Crippen LogP contribution in [0.15, 0.2) is 17.5 Å². The van der Waals surface area contributed by atoms with E-state index in [0.29, 0.717) is 6.54 Å². The molecule has 0 saturated carbocycles. The Bertz CT molecular complexity index is 220. The molecule has 1 rings (SSSR count). The number of hydrogen-bond acceptors (Lipinski definition) is 3. The molecule has 0 aliphatic heterocycles. The summed E-state index contributed by atoms with van der Waals surface area (Å²) in [7, 11) is 0. The van der Waals surface area contributed by atoms with Crippen LogP contribution in [0, 0.1) is 0 Å². The number of carbonyl (C=O) groups is 1. The molecule has 0 aliphatic carbocycles. The summed E-state index contributed by atoms with van der Waals surface area (Å²) in [6, 6.07) is 3.85. The van der Waals surface area contributed by atoms with E-state index in [1.807, 2.05) is 17.5 Å². The highest BCUT2D eigenvalue weighted by atomic mass is 32.1. The van der Waals surface area contributed by atoms with Gasteiger partial charge in [0, 0.05) is 4.88 Å². The predicted molar refractivity (Wildman–Crippen MR) is 43.3 cm³/mol. The second-order valence-corrected chi connectivity index (χ2v) is 3.05. The lowest BCUT2D eigenvalue weighted by Crippen LogP contribution is -2.25. The smallest absolute Gasteiger partial charge is 0.246 e. The van der Waals surface area contributed by atoms with Crippen LogP contribution in [0.4, 0.5) is 0 Å². The van der Waals surface area contributed by atoms with E-state index in [4.69, 9.17) is 5.11 Å². The van der Waals surface area contributed by atoms with Gasteiger partial charge in [-0.1, -0.05) is 6.07 Å². The number of rotatable bonds is 3. The molecule has 0 unspecified atom stereocenters. The molecular formula is C7H9NO2S. The Hall–Kier alpha value is -0.870. The van der Waals surface area contributed by atoms with Crippen LogP contribution in [-0.2, 0) is 11.3 Å². The van der Waals surface area contributed by atoms with Crippen molar-refractivity contribution in [2.75, 3.05) is 6.61 Å². The van der Waals surface area contributed by atoms with E-state index < -0.39 is 6.61 Å². The van der Waals surface area contributed by atoms with Crippen LogP contribution in [0.1, 0.15) is 4.88 Å². The van der Waals surface area contributed by atoms with Crippen molar-refractivity contribution in [1.29, 1.82) is 0 Å². The van der Waals surface area contributed by atoms with Crippen molar-refractivity contribution in [3.63, 3.8) is 0 Å². The Balaban J connectivity index is 2.29. The van der Waals surface area contributed by atoms with Gasteiger partial charge in [-0.05, 0) is 11.4 Å². The largest absolute Gasteiger partial charge is 0.387 e. The van der Waals surface area contributed by atoms with Crippen LogP contribution in [-0.4, -0.2) is 17.6 Å².